The third-order valence-corrected chi connectivity index (χ3v) is 5.18. The summed E-state index contributed by atoms with van der Waals surface area (Å²) >= 11 is 0. The number of carbonyl (C=O) groups excluding carboxylic acids is 3. The second-order valence-corrected chi connectivity index (χ2v) is 7.37. The Morgan fingerprint density at radius 2 is 1.96 bits per heavy atom. The smallest absolute Gasteiger partial charge is 0.255 e. The van der Waals surface area contributed by atoms with E-state index in [2.05, 4.69) is 19.2 Å². The monoisotopic (exact) mass is 363 g/mol. The second kappa shape index (κ2) is 6.61. The van der Waals surface area contributed by atoms with Crippen LogP contribution in [0.5, 0.6) is 0 Å². The molecule has 2 aromatic rings. The van der Waals surface area contributed by atoms with Gasteiger partial charge in [-0.15, -0.1) is 0 Å². The summed E-state index contributed by atoms with van der Waals surface area (Å²) in [6, 6.07) is 11.1. The van der Waals surface area contributed by atoms with Crippen LogP contribution in [0.3, 0.4) is 0 Å². The Morgan fingerprint density at radius 3 is 2.70 bits per heavy atom. The van der Waals surface area contributed by atoms with Gasteiger partial charge in [0.1, 0.15) is 6.04 Å². The van der Waals surface area contributed by atoms with Crippen molar-refractivity contribution in [2.45, 2.75) is 45.2 Å². The van der Waals surface area contributed by atoms with Crippen LogP contribution in [0.25, 0.3) is 11.3 Å². The molecule has 3 heterocycles. The van der Waals surface area contributed by atoms with Gasteiger partial charge in [-0.05, 0) is 42.2 Å². The standard InChI is InChI=1S/C21H21N3O3/c1-12(2)16-4-3-5-17(22-16)13-6-7-15-14(10-13)11-24(21(15)27)18-8-9-19(25)23-20(18)26/h3-7,10,12,18H,8-9,11H2,1-2H3,(H,23,25,26). The fourth-order valence-electron chi connectivity index (χ4n) is 3.67. The number of hydrogen-bond donors (Lipinski definition) is 1. The number of rotatable bonds is 3. The molecule has 1 saturated heterocycles. The fourth-order valence-corrected chi connectivity index (χ4v) is 3.67. The van der Waals surface area contributed by atoms with E-state index < -0.39 is 6.04 Å². The van der Waals surface area contributed by atoms with Crippen LogP contribution in [0.4, 0.5) is 0 Å². The minimum atomic E-state index is -0.589. The summed E-state index contributed by atoms with van der Waals surface area (Å²) in [6.45, 7) is 4.58. The maximum Gasteiger partial charge on any atom is 0.255 e. The molecule has 1 atom stereocenters. The summed E-state index contributed by atoms with van der Waals surface area (Å²) in [7, 11) is 0. The molecule has 2 aliphatic heterocycles. The first-order valence-corrected chi connectivity index (χ1v) is 9.19. The van der Waals surface area contributed by atoms with E-state index in [1.54, 1.807) is 4.90 Å². The van der Waals surface area contributed by atoms with Crippen LogP contribution in [-0.4, -0.2) is 33.6 Å². The van der Waals surface area contributed by atoms with Crippen LogP contribution in [0.15, 0.2) is 36.4 Å². The maximum atomic E-state index is 12.8. The van der Waals surface area contributed by atoms with Crippen LogP contribution >= 0.6 is 0 Å². The minimum Gasteiger partial charge on any atom is -0.322 e. The molecule has 27 heavy (non-hydrogen) atoms. The van der Waals surface area contributed by atoms with E-state index >= 15 is 0 Å². The van der Waals surface area contributed by atoms with Gasteiger partial charge in [0.25, 0.3) is 5.91 Å². The molecule has 0 spiro atoms. The highest BCUT2D eigenvalue weighted by molar-refractivity contribution is 6.05. The third-order valence-electron chi connectivity index (χ3n) is 5.18. The fraction of sp³-hybridized carbons (Fsp3) is 0.333. The normalized spacial score (nSPS) is 19.4. The van der Waals surface area contributed by atoms with Crippen molar-refractivity contribution < 1.29 is 14.4 Å². The Labute approximate surface area is 157 Å². The molecule has 3 amide bonds. The van der Waals surface area contributed by atoms with Crippen molar-refractivity contribution in [1.82, 2.24) is 15.2 Å². The molecule has 4 rings (SSSR count). The van der Waals surface area contributed by atoms with E-state index in [0.717, 1.165) is 22.5 Å². The lowest BCUT2D eigenvalue weighted by Crippen LogP contribution is -2.52. The number of nitrogens with one attached hydrogen (secondary N) is 1. The Balaban J connectivity index is 1.62. The number of pyridine rings is 1. The highest BCUT2D eigenvalue weighted by atomic mass is 16.2. The number of benzene rings is 1. The van der Waals surface area contributed by atoms with E-state index in [4.69, 9.17) is 4.98 Å². The molecule has 0 saturated carbocycles. The largest absolute Gasteiger partial charge is 0.322 e. The second-order valence-electron chi connectivity index (χ2n) is 7.37. The van der Waals surface area contributed by atoms with Crippen molar-refractivity contribution in [3.8, 4) is 11.3 Å². The molecule has 1 aromatic heterocycles. The summed E-state index contributed by atoms with van der Waals surface area (Å²) in [5.74, 6) is -0.489. The maximum absolute atomic E-state index is 12.8. The molecule has 6 nitrogen and oxygen atoms in total. The van der Waals surface area contributed by atoms with Crippen LogP contribution in [0, 0.1) is 0 Å². The van der Waals surface area contributed by atoms with E-state index in [9.17, 15) is 14.4 Å². The highest BCUT2D eigenvalue weighted by Gasteiger charge is 2.39. The van der Waals surface area contributed by atoms with Crippen molar-refractivity contribution in [1.29, 1.82) is 0 Å². The lowest BCUT2D eigenvalue weighted by Gasteiger charge is -2.29. The van der Waals surface area contributed by atoms with E-state index in [1.807, 2.05) is 36.4 Å². The summed E-state index contributed by atoms with van der Waals surface area (Å²) in [6.07, 6.45) is 0.628. The molecule has 1 aromatic carbocycles. The summed E-state index contributed by atoms with van der Waals surface area (Å²) < 4.78 is 0. The zero-order valence-corrected chi connectivity index (χ0v) is 15.4. The summed E-state index contributed by atoms with van der Waals surface area (Å²) in [5, 5.41) is 2.33. The third kappa shape index (κ3) is 3.12. The molecule has 1 N–H and O–H groups in total. The van der Waals surface area contributed by atoms with Crippen molar-refractivity contribution in [2.24, 2.45) is 0 Å². The minimum absolute atomic E-state index is 0.157. The van der Waals surface area contributed by atoms with E-state index in [1.165, 1.54) is 0 Å². The summed E-state index contributed by atoms with van der Waals surface area (Å²) in [5.41, 5.74) is 4.35. The first kappa shape index (κ1) is 17.4. The Hall–Kier alpha value is -3.02. The van der Waals surface area contributed by atoms with Gasteiger partial charge in [-0.2, -0.15) is 0 Å². The van der Waals surface area contributed by atoms with Gasteiger partial charge in [-0.1, -0.05) is 26.0 Å². The Kier molecular flexibility index (Phi) is 4.26. The van der Waals surface area contributed by atoms with Gasteiger partial charge < -0.3 is 4.90 Å². The quantitative estimate of drug-likeness (QED) is 0.850. The number of carbonyl (C=O) groups is 3. The number of fused-ring (bicyclic) bond motifs is 1. The van der Waals surface area contributed by atoms with Crippen LogP contribution in [-0.2, 0) is 16.1 Å². The number of nitrogens with zero attached hydrogens (tertiary/aromatic N) is 2. The van der Waals surface area contributed by atoms with Crippen molar-refractivity contribution in [3.05, 3.63) is 53.2 Å². The number of piperidine rings is 1. The Morgan fingerprint density at radius 1 is 1.15 bits per heavy atom. The van der Waals surface area contributed by atoms with Crippen LogP contribution in [0.1, 0.15) is 54.2 Å². The molecule has 1 fully saturated rings. The van der Waals surface area contributed by atoms with Gasteiger partial charge in [0.05, 0.1) is 5.69 Å². The van der Waals surface area contributed by atoms with E-state index in [0.29, 0.717) is 24.4 Å². The van der Waals surface area contributed by atoms with Gasteiger partial charge in [0, 0.05) is 29.8 Å². The Bertz CT molecular complexity index is 951. The number of aromatic nitrogens is 1. The molecule has 6 heteroatoms. The van der Waals surface area contributed by atoms with Crippen LogP contribution in [0.2, 0.25) is 0 Å². The molecule has 2 aliphatic rings. The SMILES string of the molecule is CC(C)c1cccc(-c2ccc3c(c2)CN(C2CCC(=O)NC2=O)C3=O)n1. The van der Waals surface area contributed by atoms with Gasteiger partial charge in [0.2, 0.25) is 11.8 Å². The van der Waals surface area contributed by atoms with Gasteiger partial charge in [-0.25, -0.2) is 0 Å². The molecular formula is C21H21N3O3. The zero-order valence-electron chi connectivity index (χ0n) is 15.4. The predicted molar refractivity (Wildman–Crippen MR) is 99.8 cm³/mol. The van der Waals surface area contributed by atoms with Gasteiger partial charge in [-0.3, -0.25) is 24.7 Å². The average Bonchev–Trinajstić information content (AvgIpc) is 2.98. The first-order chi connectivity index (χ1) is 12.9. The molecule has 0 radical (unpaired) electrons. The molecule has 0 aliphatic carbocycles. The van der Waals surface area contributed by atoms with Gasteiger partial charge >= 0.3 is 0 Å². The highest BCUT2D eigenvalue weighted by Crippen LogP contribution is 2.31. The lowest BCUT2D eigenvalue weighted by molar-refractivity contribution is -0.136. The zero-order chi connectivity index (χ0) is 19.1. The van der Waals surface area contributed by atoms with E-state index in [-0.39, 0.29) is 24.1 Å². The van der Waals surface area contributed by atoms with Crippen molar-refractivity contribution in [3.63, 3.8) is 0 Å². The summed E-state index contributed by atoms with van der Waals surface area (Å²) in [4.78, 5) is 42.5. The number of imide groups is 1. The molecule has 0 bridgehead atoms. The predicted octanol–water partition coefficient (Wildman–Crippen LogP) is 2.63. The van der Waals surface area contributed by atoms with Crippen molar-refractivity contribution in [2.75, 3.05) is 0 Å². The average molecular weight is 363 g/mol. The van der Waals surface area contributed by atoms with Crippen LogP contribution < -0.4 is 5.32 Å². The van der Waals surface area contributed by atoms with Crippen molar-refractivity contribution >= 4 is 17.7 Å². The first-order valence-electron chi connectivity index (χ1n) is 9.19. The lowest BCUT2D eigenvalue weighted by atomic mass is 10.0. The molecular weight excluding hydrogens is 342 g/mol. The number of hydrogen-bond acceptors (Lipinski definition) is 4. The molecule has 138 valence electrons. The topological polar surface area (TPSA) is 79.4 Å². The number of amides is 3. The molecule has 1 unspecified atom stereocenters. The van der Waals surface area contributed by atoms with Gasteiger partial charge in [0.15, 0.2) is 0 Å².